The van der Waals surface area contributed by atoms with E-state index in [-0.39, 0.29) is 55.4 Å². The van der Waals surface area contributed by atoms with E-state index in [0.717, 1.165) is 39.0 Å². The summed E-state index contributed by atoms with van der Waals surface area (Å²) in [7, 11) is 4.98. The van der Waals surface area contributed by atoms with Gasteiger partial charge in [0.2, 0.25) is 11.8 Å². The van der Waals surface area contributed by atoms with Gasteiger partial charge < -0.3 is 34.1 Å². The fraction of sp³-hybridized carbons (Fsp3) is 0.500. The van der Waals surface area contributed by atoms with Crippen LogP contribution in [-0.4, -0.2) is 127 Å². The smallest absolute Gasteiger partial charge is 0.332 e. The van der Waals surface area contributed by atoms with Crippen LogP contribution in [0.5, 0.6) is 0 Å². The van der Waals surface area contributed by atoms with Crippen molar-refractivity contribution in [2.75, 3.05) is 40.9 Å². The van der Waals surface area contributed by atoms with Gasteiger partial charge in [-0.1, -0.05) is 56.3 Å². The first-order chi connectivity index (χ1) is 32.3. The van der Waals surface area contributed by atoms with E-state index in [1.807, 2.05) is 32.2 Å². The molecular weight excluding hydrogens is 951 g/mol. The summed E-state index contributed by atoms with van der Waals surface area (Å²) in [4.78, 5) is 84.9. The number of hydrogen-bond acceptors (Lipinski definition) is 11. The lowest BCUT2D eigenvalue weighted by atomic mass is 9.67. The van der Waals surface area contributed by atoms with Crippen molar-refractivity contribution in [3.05, 3.63) is 82.6 Å². The summed E-state index contributed by atoms with van der Waals surface area (Å²) in [6.45, 7) is 16.9. The SMILES string of the molecule is C=CC(=O)N(C)[C@@H]1C[C@H](C)N(C(=O)N(C)[C@H](C(=O)NC2(Br)Cc3nc(cs3)-c3ccc4c(c3)c3c(n4CC)-c4cccnc4[C@@H](OC)C3C(C)(C)COC(=O)/C=C3\CCCN(N3)C2=O)C(C)C)C1. The summed E-state index contributed by atoms with van der Waals surface area (Å²) in [5.74, 6) is -2.50. The molecule has 2 unspecified atom stereocenters. The first-order valence-corrected chi connectivity index (χ1v) is 25.0. The Balaban J connectivity index is 1.19. The average molecular weight is 1010 g/mol. The average Bonchev–Trinajstić information content (AvgIpc) is 4.04. The molecule has 6 atom stereocenters. The number of aromatic nitrogens is 3. The molecule has 6 bridgehead atoms. The lowest BCUT2D eigenvalue weighted by molar-refractivity contribution is -0.143. The number of likely N-dealkylation sites (N-methyl/N-ethyl adjacent to an activating group) is 2. The highest BCUT2D eigenvalue weighted by Crippen LogP contribution is 2.57. The van der Waals surface area contributed by atoms with Crippen molar-refractivity contribution in [2.45, 2.75) is 108 Å². The number of pyridine rings is 1. The summed E-state index contributed by atoms with van der Waals surface area (Å²) in [5.41, 5.74) is 9.54. The van der Waals surface area contributed by atoms with Gasteiger partial charge in [0.25, 0.3) is 5.91 Å². The minimum Gasteiger partial charge on any atom is -0.462 e. The van der Waals surface area contributed by atoms with Crippen molar-refractivity contribution in [1.82, 2.24) is 45.0 Å². The topological polar surface area (TPSA) is 172 Å². The Morgan fingerprint density at radius 1 is 1.19 bits per heavy atom. The lowest BCUT2D eigenvalue weighted by Crippen LogP contribution is -2.64. The molecule has 1 aromatic carbocycles. The van der Waals surface area contributed by atoms with Crippen molar-refractivity contribution in [3.8, 4) is 22.5 Å². The number of carbonyl (C=O) groups is 5. The van der Waals surface area contributed by atoms with Gasteiger partial charge in [0.15, 0.2) is 4.45 Å². The third-order valence-electron chi connectivity index (χ3n) is 14.1. The zero-order valence-corrected chi connectivity index (χ0v) is 42.7. The quantitative estimate of drug-likeness (QED) is 0.0799. The molecule has 3 aliphatic heterocycles. The van der Waals surface area contributed by atoms with E-state index in [4.69, 9.17) is 19.4 Å². The number of benzene rings is 1. The molecule has 1 aliphatic carbocycles. The normalized spacial score (nSPS) is 24.7. The molecule has 18 heteroatoms. The Bertz CT molecular complexity index is 2700. The molecule has 16 nitrogen and oxygen atoms in total. The van der Waals surface area contributed by atoms with Gasteiger partial charge in [0.1, 0.15) is 12.1 Å². The van der Waals surface area contributed by atoms with Crippen LogP contribution in [0.3, 0.4) is 0 Å². The molecular formula is C50H62BrN9O7S. The molecule has 0 radical (unpaired) electrons. The van der Waals surface area contributed by atoms with Crippen molar-refractivity contribution in [1.29, 1.82) is 0 Å². The number of aryl methyl sites for hydroxylation is 1. The molecule has 4 aromatic rings. The van der Waals surface area contributed by atoms with Crippen LogP contribution in [0, 0.1) is 11.3 Å². The van der Waals surface area contributed by atoms with E-state index in [1.54, 1.807) is 37.2 Å². The molecule has 362 valence electrons. The molecule has 8 rings (SSSR count). The van der Waals surface area contributed by atoms with Crippen LogP contribution in [0.4, 0.5) is 4.79 Å². The number of likely N-dealkylation sites (tertiary alicyclic amines) is 1. The zero-order valence-electron chi connectivity index (χ0n) is 40.3. The predicted octanol–water partition coefficient (Wildman–Crippen LogP) is 7.16. The molecule has 4 aliphatic rings. The van der Waals surface area contributed by atoms with Crippen LogP contribution < -0.4 is 10.7 Å². The Kier molecular flexibility index (Phi) is 13.7. The van der Waals surface area contributed by atoms with Crippen LogP contribution in [0.1, 0.15) is 89.1 Å². The molecule has 2 saturated heterocycles. The maximum atomic E-state index is 15.0. The second kappa shape index (κ2) is 19.1. The second-order valence-electron chi connectivity index (χ2n) is 19.5. The van der Waals surface area contributed by atoms with Crippen LogP contribution >= 0.6 is 27.3 Å². The number of methoxy groups -OCH3 is 1. The van der Waals surface area contributed by atoms with E-state index in [0.29, 0.717) is 48.8 Å². The number of amides is 5. The highest BCUT2D eigenvalue weighted by atomic mass is 79.9. The largest absolute Gasteiger partial charge is 0.462 e. The second-order valence-corrected chi connectivity index (χ2v) is 21.8. The number of cyclic esters (lactones) is 1. The standard InChI is InChI=1S/C50H62BrN9O7S/c1-11-38(61)56(8)32-21-29(5)59(25-32)48(65)57(9)43(28(3)4)46(63)54-50(51)24-37-53-35(26-68-37)30-17-18-36-34(22-30)40-41(45(66-10)42-33(16-13-19-52-42)44(40)58(36)12-2)49(6,7)27-67-39(62)23-31-15-14-20-60(55-31)47(50)64/h11,13,16-19,22-23,26,28-29,32,41,43,45,55H,1,12,14-15,20-21,24-25,27H2,2-10H3,(H,54,63)/b31-23+/t29-,32+,41?,43-,45-,50?/m0/s1. The number of urea groups is 1. The minimum atomic E-state index is -1.75. The number of hydrazine groups is 1. The molecule has 3 aromatic heterocycles. The van der Waals surface area contributed by atoms with Gasteiger partial charge in [-0.15, -0.1) is 11.3 Å². The van der Waals surface area contributed by atoms with Crippen molar-refractivity contribution < 1.29 is 33.4 Å². The first kappa shape index (κ1) is 48.9. The number of rotatable bonds is 8. The summed E-state index contributed by atoms with van der Waals surface area (Å²) >= 11 is 5.13. The van der Waals surface area contributed by atoms with Gasteiger partial charge in [0.05, 0.1) is 34.7 Å². The number of hydrogen-bond donors (Lipinski definition) is 2. The number of nitrogens with zero attached hydrogens (tertiary/aromatic N) is 7. The summed E-state index contributed by atoms with van der Waals surface area (Å²) in [5, 5.41) is 8.00. The number of alkyl halides is 1. The van der Waals surface area contributed by atoms with E-state index in [1.165, 1.54) is 33.4 Å². The van der Waals surface area contributed by atoms with Crippen molar-refractivity contribution in [3.63, 3.8) is 0 Å². The predicted molar refractivity (Wildman–Crippen MR) is 264 cm³/mol. The Morgan fingerprint density at radius 2 is 1.96 bits per heavy atom. The van der Waals surface area contributed by atoms with Crippen LogP contribution in [0.25, 0.3) is 33.4 Å². The monoisotopic (exact) mass is 1010 g/mol. The zero-order chi connectivity index (χ0) is 49.0. The van der Waals surface area contributed by atoms with Crippen molar-refractivity contribution in [2.24, 2.45) is 11.3 Å². The minimum absolute atomic E-state index is 0.0437. The van der Waals surface area contributed by atoms with Crippen LogP contribution in [0.2, 0.25) is 0 Å². The summed E-state index contributed by atoms with van der Waals surface area (Å²) in [6.07, 6.45) is 5.53. The molecule has 2 N–H and O–H groups in total. The highest BCUT2D eigenvalue weighted by Gasteiger charge is 2.49. The van der Waals surface area contributed by atoms with E-state index in [2.05, 4.69) is 82.9 Å². The van der Waals surface area contributed by atoms with Gasteiger partial charge >= 0.3 is 12.0 Å². The third kappa shape index (κ3) is 8.83. The number of allylic oxidation sites excluding steroid dienone is 1. The van der Waals surface area contributed by atoms with Gasteiger partial charge in [-0.25, -0.2) is 14.6 Å². The lowest BCUT2D eigenvalue weighted by Gasteiger charge is -2.42. The number of esters is 1. The Labute approximate surface area is 410 Å². The number of thiazole rings is 1. The first-order valence-electron chi connectivity index (χ1n) is 23.3. The Morgan fingerprint density at radius 3 is 2.66 bits per heavy atom. The number of fused-ring (bicyclic) bond motifs is 8. The summed E-state index contributed by atoms with van der Waals surface area (Å²) < 4.78 is 13.0. The van der Waals surface area contributed by atoms with E-state index in [9.17, 15) is 24.0 Å². The van der Waals surface area contributed by atoms with Gasteiger partial charge in [-0.05, 0) is 74.9 Å². The van der Waals surface area contributed by atoms with Gasteiger partial charge in [-0.2, -0.15) is 0 Å². The molecule has 0 spiro atoms. The van der Waals surface area contributed by atoms with E-state index < -0.39 is 39.8 Å². The Hall–Kier alpha value is -5.59. The third-order valence-corrected chi connectivity index (χ3v) is 15.8. The molecule has 68 heavy (non-hydrogen) atoms. The fourth-order valence-electron chi connectivity index (χ4n) is 10.7. The fourth-order valence-corrected chi connectivity index (χ4v) is 12.4. The molecule has 5 amide bonds. The molecule has 6 heterocycles. The summed E-state index contributed by atoms with van der Waals surface area (Å²) in [6, 6.07) is 8.59. The highest BCUT2D eigenvalue weighted by molar-refractivity contribution is 9.10. The maximum Gasteiger partial charge on any atom is 0.332 e. The van der Waals surface area contributed by atoms with Gasteiger partial charge in [0, 0.05) is 110 Å². The number of halogens is 1. The molecule has 0 saturated carbocycles. The van der Waals surface area contributed by atoms with E-state index >= 15 is 0 Å². The maximum absolute atomic E-state index is 15.0. The van der Waals surface area contributed by atoms with Crippen molar-refractivity contribution >= 4 is 67.9 Å². The number of ether oxygens (including phenoxy) is 2. The molecule has 2 fully saturated rings. The number of carbonyl (C=O) groups excluding carboxylic acids is 5. The van der Waals surface area contributed by atoms with Crippen LogP contribution in [0.15, 0.2) is 66.3 Å². The number of nitrogens with one attached hydrogen (secondary N) is 2. The van der Waals surface area contributed by atoms with Crippen LogP contribution in [-0.2, 0) is 41.6 Å². The van der Waals surface area contributed by atoms with Gasteiger partial charge in [-0.3, -0.25) is 29.8 Å².